The molecule has 0 unspecified atom stereocenters. The predicted molar refractivity (Wildman–Crippen MR) is 97.9 cm³/mol. The summed E-state index contributed by atoms with van der Waals surface area (Å²) in [7, 11) is 1.60. The maximum absolute atomic E-state index is 12.4. The molecular formula is C17H23N5O2S. The zero-order chi connectivity index (χ0) is 17.6. The fraction of sp³-hybridized carbons (Fsp3) is 0.471. The Kier molecular flexibility index (Phi) is 5.80. The second-order valence-electron chi connectivity index (χ2n) is 5.96. The number of carbonyl (C=O) groups is 1. The van der Waals surface area contributed by atoms with E-state index in [0.717, 1.165) is 31.5 Å². The molecule has 0 atom stereocenters. The zero-order valence-corrected chi connectivity index (χ0v) is 15.2. The lowest BCUT2D eigenvalue weighted by atomic mass is 10.2. The lowest BCUT2D eigenvalue weighted by molar-refractivity contribution is -0.128. The molecule has 8 heteroatoms. The number of ether oxygens (including phenoxy) is 1. The largest absolute Gasteiger partial charge is 0.496 e. The lowest BCUT2D eigenvalue weighted by Gasteiger charge is -2.19. The highest BCUT2D eigenvalue weighted by Crippen LogP contribution is 2.29. The van der Waals surface area contributed by atoms with E-state index < -0.39 is 0 Å². The number of nitrogen functional groups attached to an aromatic ring is 1. The summed E-state index contributed by atoms with van der Waals surface area (Å²) in [5.74, 6) is 7.79. The second-order valence-corrected chi connectivity index (χ2v) is 6.90. The highest BCUT2D eigenvalue weighted by atomic mass is 32.2. The monoisotopic (exact) mass is 361 g/mol. The van der Waals surface area contributed by atoms with Gasteiger partial charge in [-0.2, -0.15) is 0 Å². The molecule has 1 aromatic carbocycles. The van der Waals surface area contributed by atoms with Gasteiger partial charge in [-0.05, 0) is 25.0 Å². The van der Waals surface area contributed by atoms with Crippen LogP contribution in [0.5, 0.6) is 5.75 Å². The number of nitrogens with two attached hydrogens (primary N) is 1. The summed E-state index contributed by atoms with van der Waals surface area (Å²) in [5.41, 5.74) is 0.769. The van der Waals surface area contributed by atoms with Gasteiger partial charge in [-0.3, -0.25) is 4.79 Å². The van der Waals surface area contributed by atoms with Gasteiger partial charge >= 0.3 is 0 Å². The second kappa shape index (κ2) is 8.24. The number of carbonyl (C=O) groups excluding carboxylic acids is 1. The SMILES string of the molecule is COc1ccccc1-c1nnc(SCC(=O)N2CCCCCC2)n1N. The Morgan fingerprint density at radius 3 is 2.64 bits per heavy atom. The Labute approximate surface area is 151 Å². The Hall–Kier alpha value is -2.22. The molecule has 2 N–H and O–H groups in total. The average Bonchev–Trinajstić information content (AvgIpc) is 2.84. The van der Waals surface area contributed by atoms with E-state index in [1.54, 1.807) is 7.11 Å². The van der Waals surface area contributed by atoms with Gasteiger partial charge in [-0.15, -0.1) is 10.2 Å². The molecule has 1 aromatic heterocycles. The van der Waals surface area contributed by atoms with E-state index in [4.69, 9.17) is 10.6 Å². The summed E-state index contributed by atoms with van der Waals surface area (Å²) in [6.45, 7) is 1.70. The first kappa shape index (κ1) is 17.6. The first-order valence-corrected chi connectivity index (χ1v) is 9.43. The topological polar surface area (TPSA) is 86.3 Å². The van der Waals surface area contributed by atoms with Gasteiger partial charge in [0, 0.05) is 13.1 Å². The number of hydrogen-bond donors (Lipinski definition) is 1. The molecule has 1 amide bonds. The first-order valence-electron chi connectivity index (χ1n) is 8.45. The molecule has 25 heavy (non-hydrogen) atoms. The van der Waals surface area contributed by atoms with E-state index in [0.29, 0.717) is 22.5 Å². The Bertz CT molecular complexity index is 726. The van der Waals surface area contributed by atoms with Gasteiger partial charge in [0.1, 0.15) is 5.75 Å². The standard InChI is InChI=1S/C17H23N5O2S/c1-24-14-9-5-4-8-13(14)16-19-20-17(22(16)18)25-12-15(23)21-10-6-2-3-7-11-21/h4-5,8-9H,2-3,6-7,10-12,18H2,1H3. The van der Waals surface area contributed by atoms with Crippen LogP contribution in [0.2, 0.25) is 0 Å². The molecule has 0 radical (unpaired) electrons. The lowest BCUT2D eigenvalue weighted by Crippen LogP contribution is -2.33. The summed E-state index contributed by atoms with van der Waals surface area (Å²) in [5, 5.41) is 8.81. The van der Waals surface area contributed by atoms with E-state index >= 15 is 0 Å². The molecule has 0 bridgehead atoms. The van der Waals surface area contributed by atoms with Crippen molar-refractivity contribution < 1.29 is 9.53 Å². The molecular weight excluding hydrogens is 338 g/mol. The van der Waals surface area contributed by atoms with E-state index in [1.165, 1.54) is 29.3 Å². The summed E-state index contributed by atoms with van der Waals surface area (Å²) in [4.78, 5) is 14.3. The molecule has 1 aliphatic rings. The third-order valence-electron chi connectivity index (χ3n) is 4.30. The van der Waals surface area contributed by atoms with Crippen LogP contribution < -0.4 is 10.6 Å². The Balaban J connectivity index is 1.68. The number of hydrogen-bond acceptors (Lipinski definition) is 6. The number of likely N-dealkylation sites (tertiary alicyclic amines) is 1. The van der Waals surface area contributed by atoms with Gasteiger partial charge in [0.15, 0.2) is 5.82 Å². The predicted octanol–water partition coefficient (Wildman–Crippen LogP) is 2.16. The van der Waals surface area contributed by atoms with E-state index in [-0.39, 0.29) is 5.91 Å². The summed E-state index contributed by atoms with van der Waals surface area (Å²) in [6.07, 6.45) is 4.58. The quantitative estimate of drug-likeness (QED) is 0.649. The summed E-state index contributed by atoms with van der Waals surface area (Å²) >= 11 is 1.32. The van der Waals surface area contributed by atoms with E-state index in [2.05, 4.69) is 10.2 Å². The van der Waals surface area contributed by atoms with Crippen molar-refractivity contribution in [2.24, 2.45) is 0 Å². The molecule has 0 aliphatic carbocycles. The van der Waals surface area contributed by atoms with Crippen LogP contribution in [-0.4, -0.2) is 51.6 Å². The zero-order valence-electron chi connectivity index (χ0n) is 14.4. The number of thioether (sulfide) groups is 1. The molecule has 0 spiro atoms. The molecule has 3 rings (SSSR count). The van der Waals surface area contributed by atoms with Crippen molar-refractivity contribution >= 4 is 17.7 Å². The van der Waals surface area contributed by atoms with Crippen LogP contribution in [-0.2, 0) is 4.79 Å². The molecule has 2 aromatic rings. The number of methoxy groups -OCH3 is 1. The van der Waals surface area contributed by atoms with Crippen molar-refractivity contribution in [2.45, 2.75) is 30.8 Å². The highest BCUT2D eigenvalue weighted by Gasteiger charge is 2.19. The third kappa shape index (κ3) is 4.07. The van der Waals surface area contributed by atoms with Gasteiger partial charge < -0.3 is 15.5 Å². The van der Waals surface area contributed by atoms with E-state index in [9.17, 15) is 4.79 Å². The number of nitrogens with zero attached hydrogens (tertiary/aromatic N) is 4. The summed E-state index contributed by atoms with van der Waals surface area (Å²) in [6, 6.07) is 7.50. The van der Waals surface area contributed by atoms with Crippen LogP contribution in [0.25, 0.3) is 11.4 Å². The molecule has 1 aliphatic heterocycles. The van der Waals surface area contributed by atoms with Crippen LogP contribution in [0.15, 0.2) is 29.4 Å². The fourth-order valence-electron chi connectivity index (χ4n) is 2.93. The first-order chi connectivity index (χ1) is 12.2. The minimum atomic E-state index is 0.133. The maximum Gasteiger partial charge on any atom is 0.233 e. The Morgan fingerprint density at radius 2 is 1.92 bits per heavy atom. The van der Waals surface area contributed by atoms with Crippen molar-refractivity contribution in [1.82, 2.24) is 19.8 Å². The average molecular weight is 361 g/mol. The van der Waals surface area contributed by atoms with Crippen LogP contribution in [0.1, 0.15) is 25.7 Å². The number of aromatic nitrogens is 3. The molecule has 134 valence electrons. The molecule has 1 saturated heterocycles. The number of rotatable bonds is 5. The van der Waals surface area contributed by atoms with Gasteiger partial charge in [-0.25, -0.2) is 4.68 Å². The third-order valence-corrected chi connectivity index (χ3v) is 5.22. The number of para-hydroxylation sites is 1. The minimum absolute atomic E-state index is 0.133. The minimum Gasteiger partial charge on any atom is -0.496 e. The van der Waals surface area contributed by atoms with Crippen molar-refractivity contribution in [3.8, 4) is 17.1 Å². The van der Waals surface area contributed by atoms with E-state index in [1.807, 2.05) is 29.2 Å². The maximum atomic E-state index is 12.4. The number of amides is 1. The molecule has 0 saturated carbocycles. The summed E-state index contributed by atoms with van der Waals surface area (Å²) < 4.78 is 6.76. The van der Waals surface area contributed by atoms with Crippen LogP contribution in [0.3, 0.4) is 0 Å². The van der Waals surface area contributed by atoms with Gasteiger partial charge in [0.25, 0.3) is 0 Å². The smallest absolute Gasteiger partial charge is 0.233 e. The normalized spacial score (nSPS) is 15.0. The molecule has 7 nitrogen and oxygen atoms in total. The van der Waals surface area contributed by atoms with Gasteiger partial charge in [0.2, 0.25) is 11.1 Å². The number of benzene rings is 1. The van der Waals surface area contributed by atoms with Crippen molar-refractivity contribution in [2.75, 3.05) is 31.8 Å². The molecule has 2 heterocycles. The molecule has 1 fully saturated rings. The van der Waals surface area contributed by atoms with Crippen molar-refractivity contribution in [3.63, 3.8) is 0 Å². The van der Waals surface area contributed by atoms with Crippen LogP contribution in [0.4, 0.5) is 0 Å². The Morgan fingerprint density at radius 1 is 1.20 bits per heavy atom. The highest BCUT2D eigenvalue weighted by molar-refractivity contribution is 7.99. The fourth-order valence-corrected chi connectivity index (χ4v) is 3.69. The van der Waals surface area contributed by atoms with Crippen LogP contribution in [0, 0.1) is 0 Å². The van der Waals surface area contributed by atoms with Crippen molar-refractivity contribution in [3.05, 3.63) is 24.3 Å². The van der Waals surface area contributed by atoms with Crippen molar-refractivity contribution in [1.29, 1.82) is 0 Å². The van der Waals surface area contributed by atoms with Crippen LogP contribution >= 0.6 is 11.8 Å². The van der Waals surface area contributed by atoms with Gasteiger partial charge in [-0.1, -0.05) is 36.7 Å². The van der Waals surface area contributed by atoms with Gasteiger partial charge in [0.05, 0.1) is 18.4 Å².